The van der Waals surface area contributed by atoms with Crippen molar-refractivity contribution in [1.82, 2.24) is 10.2 Å². The van der Waals surface area contributed by atoms with Crippen LogP contribution in [-0.2, 0) is 6.54 Å². The average Bonchev–Trinajstić information content (AvgIpc) is 2.66. The second-order valence-electron chi connectivity index (χ2n) is 4.40. The summed E-state index contributed by atoms with van der Waals surface area (Å²) in [4.78, 5) is 2.25. The van der Waals surface area contributed by atoms with E-state index in [4.69, 9.17) is 0 Å². The fourth-order valence-corrected chi connectivity index (χ4v) is 2.05. The Morgan fingerprint density at radius 1 is 1.56 bits per heavy atom. The van der Waals surface area contributed by atoms with E-state index in [9.17, 15) is 9.50 Å². The zero-order chi connectivity index (χ0) is 11.5. The smallest absolute Gasteiger partial charge is 0.123 e. The molecule has 3 nitrogen and oxygen atoms in total. The molecule has 1 aliphatic heterocycles. The highest BCUT2D eigenvalue weighted by atomic mass is 19.1. The van der Waals surface area contributed by atoms with Crippen LogP contribution in [0.25, 0.3) is 0 Å². The van der Waals surface area contributed by atoms with Crippen LogP contribution in [0.4, 0.5) is 4.39 Å². The molecule has 0 radical (unpaired) electrons. The van der Waals surface area contributed by atoms with E-state index in [-0.39, 0.29) is 11.6 Å². The zero-order valence-corrected chi connectivity index (χ0v) is 9.41. The van der Waals surface area contributed by atoms with Gasteiger partial charge in [-0.2, -0.15) is 0 Å². The first-order chi connectivity index (χ1) is 7.65. The van der Waals surface area contributed by atoms with Gasteiger partial charge in [-0.05, 0) is 38.2 Å². The van der Waals surface area contributed by atoms with Gasteiger partial charge in [0.15, 0.2) is 0 Å². The number of phenolic OH excluding ortho intramolecular Hbond substituents is 1. The van der Waals surface area contributed by atoms with E-state index in [2.05, 4.69) is 17.3 Å². The number of likely N-dealkylation sites (N-methyl/N-ethyl adjacent to an activating group) is 1. The molecule has 1 aromatic carbocycles. The molecule has 2 rings (SSSR count). The number of halogens is 1. The molecule has 1 saturated heterocycles. The summed E-state index contributed by atoms with van der Waals surface area (Å²) < 4.78 is 13.0. The van der Waals surface area contributed by atoms with Crippen LogP contribution in [0.3, 0.4) is 0 Å². The normalized spacial score (nSPS) is 21.5. The Morgan fingerprint density at radius 2 is 2.38 bits per heavy atom. The van der Waals surface area contributed by atoms with Gasteiger partial charge in [0.05, 0.1) is 0 Å². The fourth-order valence-electron chi connectivity index (χ4n) is 2.05. The van der Waals surface area contributed by atoms with Crippen molar-refractivity contribution in [3.8, 4) is 5.75 Å². The molecule has 88 valence electrons. The van der Waals surface area contributed by atoms with Gasteiger partial charge in [-0.1, -0.05) is 0 Å². The summed E-state index contributed by atoms with van der Waals surface area (Å²) in [7, 11) is 2.08. The van der Waals surface area contributed by atoms with E-state index >= 15 is 0 Å². The Morgan fingerprint density at radius 3 is 3.06 bits per heavy atom. The molecule has 0 aromatic heterocycles. The number of benzene rings is 1. The number of nitrogens with one attached hydrogen (secondary N) is 1. The molecule has 0 saturated carbocycles. The third-order valence-corrected chi connectivity index (χ3v) is 3.01. The maximum atomic E-state index is 13.0. The molecule has 1 aliphatic rings. The Labute approximate surface area is 94.9 Å². The summed E-state index contributed by atoms with van der Waals surface area (Å²) in [6, 6.07) is 4.48. The highest BCUT2D eigenvalue weighted by Gasteiger charge is 2.18. The average molecular weight is 224 g/mol. The molecule has 2 N–H and O–H groups in total. The van der Waals surface area contributed by atoms with Crippen LogP contribution in [-0.4, -0.2) is 36.2 Å². The van der Waals surface area contributed by atoms with Crippen molar-refractivity contribution < 1.29 is 9.50 Å². The van der Waals surface area contributed by atoms with Crippen LogP contribution < -0.4 is 5.32 Å². The molecule has 0 bridgehead atoms. The number of hydrogen-bond acceptors (Lipinski definition) is 3. The molecule has 16 heavy (non-hydrogen) atoms. The van der Waals surface area contributed by atoms with Crippen molar-refractivity contribution in [3.63, 3.8) is 0 Å². The highest BCUT2D eigenvalue weighted by molar-refractivity contribution is 5.32. The zero-order valence-electron chi connectivity index (χ0n) is 9.41. The molecule has 1 heterocycles. The summed E-state index contributed by atoms with van der Waals surface area (Å²) in [5.41, 5.74) is 0.620. The second-order valence-corrected chi connectivity index (χ2v) is 4.40. The van der Waals surface area contributed by atoms with E-state index in [1.54, 1.807) is 0 Å². The van der Waals surface area contributed by atoms with Gasteiger partial charge in [0, 0.05) is 24.7 Å². The summed E-state index contributed by atoms with van der Waals surface area (Å²) in [5.74, 6) is -0.154. The molecular weight excluding hydrogens is 207 g/mol. The van der Waals surface area contributed by atoms with Gasteiger partial charge >= 0.3 is 0 Å². The van der Waals surface area contributed by atoms with E-state index in [1.807, 2.05) is 0 Å². The van der Waals surface area contributed by atoms with Crippen molar-refractivity contribution in [3.05, 3.63) is 29.6 Å². The number of rotatable bonds is 3. The SMILES string of the molecule is CN1CCC(NCc2cc(F)ccc2O)C1. The first-order valence-electron chi connectivity index (χ1n) is 5.54. The first kappa shape index (κ1) is 11.4. The van der Waals surface area contributed by atoms with Gasteiger partial charge in [-0.15, -0.1) is 0 Å². The maximum Gasteiger partial charge on any atom is 0.123 e. The van der Waals surface area contributed by atoms with Crippen molar-refractivity contribution in [2.45, 2.75) is 19.0 Å². The van der Waals surface area contributed by atoms with Crippen molar-refractivity contribution in [2.75, 3.05) is 20.1 Å². The van der Waals surface area contributed by atoms with E-state index in [1.165, 1.54) is 18.2 Å². The lowest BCUT2D eigenvalue weighted by Gasteiger charge is -2.13. The second kappa shape index (κ2) is 4.80. The standard InChI is InChI=1S/C12H17FN2O/c1-15-5-4-11(8-15)14-7-9-6-10(13)2-3-12(9)16/h2-3,6,11,14,16H,4-5,7-8H2,1H3. The first-order valence-corrected chi connectivity index (χ1v) is 5.54. The molecule has 1 atom stereocenters. The third-order valence-electron chi connectivity index (χ3n) is 3.01. The highest BCUT2D eigenvalue weighted by Crippen LogP contribution is 2.18. The lowest BCUT2D eigenvalue weighted by Crippen LogP contribution is -2.30. The van der Waals surface area contributed by atoms with E-state index in [0.717, 1.165) is 19.5 Å². The van der Waals surface area contributed by atoms with Crippen LogP contribution in [0, 0.1) is 5.82 Å². The van der Waals surface area contributed by atoms with Gasteiger partial charge in [-0.25, -0.2) is 4.39 Å². The fraction of sp³-hybridized carbons (Fsp3) is 0.500. The summed E-state index contributed by atoms with van der Waals surface area (Å²) in [6.07, 6.45) is 1.10. The summed E-state index contributed by atoms with van der Waals surface area (Å²) in [5, 5.41) is 12.9. The predicted molar refractivity (Wildman–Crippen MR) is 60.8 cm³/mol. The molecule has 0 spiro atoms. The lowest BCUT2D eigenvalue weighted by atomic mass is 10.1. The molecular formula is C12H17FN2O. The Kier molecular flexibility index (Phi) is 3.41. The van der Waals surface area contributed by atoms with Gasteiger partial charge in [0.1, 0.15) is 11.6 Å². The number of aromatic hydroxyl groups is 1. The van der Waals surface area contributed by atoms with E-state index in [0.29, 0.717) is 18.2 Å². The minimum atomic E-state index is -0.307. The van der Waals surface area contributed by atoms with Gasteiger partial charge in [0.2, 0.25) is 0 Å². The van der Waals surface area contributed by atoms with Crippen molar-refractivity contribution in [1.29, 1.82) is 0 Å². The van der Waals surface area contributed by atoms with Gasteiger partial charge in [0.25, 0.3) is 0 Å². The van der Waals surface area contributed by atoms with Crippen LogP contribution in [0.1, 0.15) is 12.0 Å². The van der Waals surface area contributed by atoms with E-state index < -0.39 is 0 Å². The van der Waals surface area contributed by atoms with Crippen LogP contribution >= 0.6 is 0 Å². The molecule has 1 unspecified atom stereocenters. The Bertz CT molecular complexity index is 370. The van der Waals surface area contributed by atoms with Crippen LogP contribution in [0.15, 0.2) is 18.2 Å². The topological polar surface area (TPSA) is 35.5 Å². The molecule has 1 aromatic rings. The van der Waals surface area contributed by atoms with Crippen LogP contribution in [0.2, 0.25) is 0 Å². The molecule has 4 heteroatoms. The Hall–Kier alpha value is -1.13. The van der Waals surface area contributed by atoms with Crippen molar-refractivity contribution in [2.24, 2.45) is 0 Å². The van der Waals surface area contributed by atoms with Gasteiger partial charge < -0.3 is 15.3 Å². The summed E-state index contributed by atoms with van der Waals surface area (Å²) in [6.45, 7) is 2.62. The Balaban J connectivity index is 1.91. The number of phenols is 1. The predicted octanol–water partition coefficient (Wildman–Crippen LogP) is 1.32. The number of nitrogens with zero attached hydrogens (tertiary/aromatic N) is 1. The maximum absolute atomic E-state index is 13.0. The van der Waals surface area contributed by atoms with Crippen LogP contribution in [0.5, 0.6) is 5.75 Å². The number of likely N-dealkylation sites (tertiary alicyclic amines) is 1. The quantitative estimate of drug-likeness (QED) is 0.813. The minimum Gasteiger partial charge on any atom is -0.508 e. The summed E-state index contributed by atoms with van der Waals surface area (Å²) >= 11 is 0. The largest absolute Gasteiger partial charge is 0.508 e. The third kappa shape index (κ3) is 2.71. The number of hydrogen-bond donors (Lipinski definition) is 2. The molecule has 1 fully saturated rings. The molecule has 0 aliphatic carbocycles. The molecule has 0 amide bonds. The van der Waals surface area contributed by atoms with Gasteiger partial charge in [-0.3, -0.25) is 0 Å². The minimum absolute atomic E-state index is 0.153. The van der Waals surface area contributed by atoms with Crippen molar-refractivity contribution >= 4 is 0 Å². The monoisotopic (exact) mass is 224 g/mol. The lowest BCUT2D eigenvalue weighted by molar-refractivity contribution is 0.396.